The van der Waals surface area contributed by atoms with Gasteiger partial charge < -0.3 is 20.1 Å². The first-order chi connectivity index (χ1) is 11.5. The molecule has 1 saturated heterocycles. The van der Waals surface area contributed by atoms with E-state index in [1.54, 1.807) is 11.9 Å². The van der Waals surface area contributed by atoms with Gasteiger partial charge in [-0.1, -0.05) is 18.2 Å². The van der Waals surface area contributed by atoms with Gasteiger partial charge in [-0.2, -0.15) is 0 Å². The van der Waals surface area contributed by atoms with Gasteiger partial charge >= 0.3 is 0 Å². The number of β-amino-alcohol motifs (C(OH)–C–C–N with tert-alkyl or cyclic N) is 1. The number of hydrogen-bond acceptors (Lipinski definition) is 4. The number of aliphatic hydroxyl groups is 1. The maximum absolute atomic E-state index is 12.3. The minimum absolute atomic E-state index is 0.0241. The number of nitrogens with zero attached hydrogens (tertiary/aromatic N) is 1. The summed E-state index contributed by atoms with van der Waals surface area (Å²) >= 11 is 0. The monoisotopic (exact) mass is 334 g/mol. The molecule has 0 bridgehead atoms. The van der Waals surface area contributed by atoms with Crippen LogP contribution in [0.15, 0.2) is 30.3 Å². The van der Waals surface area contributed by atoms with Gasteiger partial charge in [0.25, 0.3) is 0 Å². The molecule has 1 aromatic rings. The Morgan fingerprint density at radius 2 is 2.04 bits per heavy atom. The second-order valence-corrected chi connectivity index (χ2v) is 6.23. The summed E-state index contributed by atoms with van der Waals surface area (Å²) in [6.45, 7) is 1.25. The lowest BCUT2D eigenvalue weighted by molar-refractivity contribution is -0.139. The summed E-state index contributed by atoms with van der Waals surface area (Å²) < 4.78 is 5.55. The summed E-state index contributed by atoms with van der Waals surface area (Å²) in [5.74, 6) is 0.623. The van der Waals surface area contributed by atoms with E-state index in [-0.39, 0.29) is 31.2 Å². The smallest absolute Gasteiger partial charge is 0.226 e. The molecule has 1 aliphatic heterocycles. The standard InChI is InChI=1S/C18H26N2O4/c1-19-16(21)8-11-18(23)10-5-12-20(14-18)17(22)9-13-24-15-6-3-2-4-7-15/h2-4,6-7,23H,5,8-14H2,1H3,(H,19,21)/t18-/m1/s1. The first-order valence-electron chi connectivity index (χ1n) is 8.41. The second kappa shape index (κ2) is 8.68. The van der Waals surface area contributed by atoms with Gasteiger partial charge in [0.1, 0.15) is 5.75 Å². The molecule has 1 atom stereocenters. The SMILES string of the molecule is CNC(=O)CC[C@]1(O)CCCN(C(=O)CCOc2ccccc2)C1. The van der Waals surface area contributed by atoms with Gasteiger partial charge in [0.15, 0.2) is 0 Å². The van der Waals surface area contributed by atoms with Crippen LogP contribution in [0.1, 0.15) is 32.1 Å². The molecule has 2 rings (SSSR count). The Labute approximate surface area is 142 Å². The molecular weight excluding hydrogens is 308 g/mol. The van der Waals surface area contributed by atoms with Crippen LogP contribution in [0.2, 0.25) is 0 Å². The molecular formula is C18H26N2O4. The highest BCUT2D eigenvalue weighted by atomic mass is 16.5. The molecule has 0 radical (unpaired) electrons. The molecule has 1 heterocycles. The number of piperidine rings is 1. The number of rotatable bonds is 7. The predicted molar refractivity (Wildman–Crippen MR) is 90.6 cm³/mol. The maximum atomic E-state index is 12.3. The van der Waals surface area contributed by atoms with Gasteiger partial charge in [0, 0.05) is 26.6 Å². The van der Waals surface area contributed by atoms with Crippen molar-refractivity contribution in [2.45, 2.75) is 37.7 Å². The highest BCUT2D eigenvalue weighted by Crippen LogP contribution is 2.26. The van der Waals surface area contributed by atoms with Crippen LogP contribution in [0.25, 0.3) is 0 Å². The third-order valence-electron chi connectivity index (χ3n) is 4.33. The van der Waals surface area contributed by atoms with Crippen molar-refractivity contribution in [2.75, 3.05) is 26.7 Å². The van der Waals surface area contributed by atoms with E-state index in [0.29, 0.717) is 26.0 Å². The van der Waals surface area contributed by atoms with Gasteiger partial charge in [-0.25, -0.2) is 0 Å². The van der Waals surface area contributed by atoms with Crippen molar-refractivity contribution in [1.29, 1.82) is 0 Å². The molecule has 0 unspecified atom stereocenters. The lowest BCUT2D eigenvalue weighted by Gasteiger charge is -2.39. The highest BCUT2D eigenvalue weighted by molar-refractivity contribution is 5.77. The van der Waals surface area contributed by atoms with Crippen LogP contribution in [-0.4, -0.2) is 54.2 Å². The second-order valence-electron chi connectivity index (χ2n) is 6.23. The topological polar surface area (TPSA) is 78.9 Å². The average molecular weight is 334 g/mol. The van der Waals surface area contributed by atoms with Crippen LogP contribution in [0.3, 0.4) is 0 Å². The molecule has 0 aromatic heterocycles. The lowest BCUT2D eigenvalue weighted by Crippen LogP contribution is -2.50. The summed E-state index contributed by atoms with van der Waals surface area (Å²) in [6, 6.07) is 9.37. The van der Waals surface area contributed by atoms with Crippen LogP contribution in [0.4, 0.5) is 0 Å². The average Bonchev–Trinajstić information content (AvgIpc) is 2.60. The van der Waals surface area contributed by atoms with E-state index in [4.69, 9.17) is 4.74 Å². The van der Waals surface area contributed by atoms with Gasteiger partial charge in [0.05, 0.1) is 18.6 Å². The van der Waals surface area contributed by atoms with Crippen LogP contribution in [0.5, 0.6) is 5.75 Å². The molecule has 2 amide bonds. The van der Waals surface area contributed by atoms with Crippen LogP contribution in [-0.2, 0) is 9.59 Å². The molecule has 6 heteroatoms. The molecule has 2 N–H and O–H groups in total. The van der Waals surface area contributed by atoms with Gasteiger partial charge in [0.2, 0.25) is 11.8 Å². The van der Waals surface area contributed by atoms with Crippen molar-refractivity contribution in [2.24, 2.45) is 0 Å². The van der Waals surface area contributed by atoms with E-state index >= 15 is 0 Å². The Hall–Kier alpha value is -2.08. The molecule has 1 aromatic carbocycles. The Bertz CT molecular complexity index is 549. The fraction of sp³-hybridized carbons (Fsp3) is 0.556. The van der Waals surface area contributed by atoms with Crippen molar-refractivity contribution < 1.29 is 19.4 Å². The molecule has 1 aliphatic rings. The van der Waals surface area contributed by atoms with Gasteiger partial charge in [-0.15, -0.1) is 0 Å². The zero-order chi connectivity index (χ0) is 17.4. The number of nitrogens with one attached hydrogen (secondary N) is 1. The number of ether oxygens (including phenoxy) is 1. The Balaban J connectivity index is 1.78. The number of carbonyl (C=O) groups is 2. The van der Waals surface area contributed by atoms with E-state index in [1.165, 1.54) is 0 Å². The Kier molecular flexibility index (Phi) is 6.61. The summed E-state index contributed by atoms with van der Waals surface area (Å²) in [5, 5.41) is 13.2. The molecule has 0 aliphatic carbocycles. The number of carbonyl (C=O) groups excluding carboxylic acids is 2. The van der Waals surface area contributed by atoms with Gasteiger partial charge in [-0.3, -0.25) is 9.59 Å². The maximum Gasteiger partial charge on any atom is 0.226 e. The molecule has 0 spiro atoms. The quantitative estimate of drug-likeness (QED) is 0.789. The van der Waals surface area contributed by atoms with Crippen LogP contribution >= 0.6 is 0 Å². The third-order valence-corrected chi connectivity index (χ3v) is 4.33. The molecule has 0 saturated carbocycles. The first kappa shape index (κ1) is 18.3. The fourth-order valence-corrected chi connectivity index (χ4v) is 2.93. The number of benzene rings is 1. The third kappa shape index (κ3) is 5.53. The minimum Gasteiger partial charge on any atom is -0.493 e. The predicted octanol–water partition coefficient (Wildman–Crippen LogP) is 1.34. The lowest BCUT2D eigenvalue weighted by atomic mass is 9.88. The summed E-state index contributed by atoms with van der Waals surface area (Å²) in [4.78, 5) is 25.4. The van der Waals surface area contributed by atoms with E-state index in [2.05, 4.69) is 5.32 Å². The van der Waals surface area contributed by atoms with Crippen LogP contribution in [0, 0.1) is 0 Å². The minimum atomic E-state index is -0.972. The molecule has 132 valence electrons. The molecule has 6 nitrogen and oxygen atoms in total. The summed E-state index contributed by atoms with van der Waals surface area (Å²) in [5.41, 5.74) is -0.972. The fourth-order valence-electron chi connectivity index (χ4n) is 2.93. The van der Waals surface area contributed by atoms with E-state index in [9.17, 15) is 14.7 Å². The number of likely N-dealkylation sites (tertiary alicyclic amines) is 1. The van der Waals surface area contributed by atoms with E-state index in [0.717, 1.165) is 12.2 Å². The van der Waals surface area contributed by atoms with E-state index in [1.807, 2.05) is 30.3 Å². The largest absolute Gasteiger partial charge is 0.493 e. The van der Waals surface area contributed by atoms with Crippen molar-refractivity contribution in [3.8, 4) is 5.75 Å². The first-order valence-corrected chi connectivity index (χ1v) is 8.41. The van der Waals surface area contributed by atoms with Crippen molar-refractivity contribution in [3.63, 3.8) is 0 Å². The zero-order valence-corrected chi connectivity index (χ0v) is 14.2. The van der Waals surface area contributed by atoms with Gasteiger partial charge in [-0.05, 0) is 31.4 Å². The number of amides is 2. The molecule has 1 fully saturated rings. The van der Waals surface area contributed by atoms with Crippen molar-refractivity contribution in [3.05, 3.63) is 30.3 Å². The Morgan fingerprint density at radius 1 is 1.29 bits per heavy atom. The summed E-state index contributed by atoms with van der Waals surface area (Å²) in [6.07, 6.45) is 2.29. The zero-order valence-electron chi connectivity index (χ0n) is 14.2. The Morgan fingerprint density at radius 3 is 2.75 bits per heavy atom. The summed E-state index contributed by atoms with van der Waals surface area (Å²) in [7, 11) is 1.58. The number of para-hydroxylation sites is 1. The molecule has 24 heavy (non-hydrogen) atoms. The van der Waals surface area contributed by atoms with E-state index < -0.39 is 5.60 Å². The van der Waals surface area contributed by atoms with Crippen molar-refractivity contribution >= 4 is 11.8 Å². The normalized spacial score (nSPS) is 20.5. The van der Waals surface area contributed by atoms with Crippen molar-refractivity contribution in [1.82, 2.24) is 10.2 Å². The number of hydrogen-bond donors (Lipinski definition) is 2. The highest BCUT2D eigenvalue weighted by Gasteiger charge is 2.35. The van der Waals surface area contributed by atoms with Crippen LogP contribution < -0.4 is 10.1 Å².